The minimum Gasteiger partial charge on any atom is -0.439 e. The van der Waals surface area contributed by atoms with Crippen LogP contribution in [0.25, 0.3) is 0 Å². The van der Waals surface area contributed by atoms with Crippen molar-refractivity contribution in [1.29, 1.82) is 0 Å². The van der Waals surface area contributed by atoms with Crippen LogP contribution < -0.4 is 10.5 Å². The quantitative estimate of drug-likeness (QED) is 0.933. The molecule has 2 rings (SSSR count). The normalized spacial score (nSPS) is 12.2. The third-order valence-electron chi connectivity index (χ3n) is 2.41. The fraction of sp³-hybridized carbons (Fsp3) is 0.214. The molecule has 100 valence electrons. The van der Waals surface area contributed by atoms with Crippen molar-refractivity contribution in [1.82, 2.24) is 4.98 Å². The first-order chi connectivity index (χ1) is 9.02. The third-order valence-corrected chi connectivity index (χ3v) is 2.87. The maximum absolute atomic E-state index is 13.2. The Hall–Kier alpha value is -1.46. The summed E-state index contributed by atoms with van der Waals surface area (Å²) in [6.45, 7) is 1.94. The van der Waals surface area contributed by atoms with Gasteiger partial charge in [-0.25, -0.2) is 9.37 Å². The first-order valence-electron chi connectivity index (χ1n) is 5.87. The number of ether oxygens (including phenoxy) is 1. The van der Waals surface area contributed by atoms with E-state index in [-0.39, 0.29) is 11.9 Å². The first kappa shape index (κ1) is 14.0. The van der Waals surface area contributed by atoms with Gasteiger partial charge in [0.15, 0.2) is 0 Å². The van der Waals surface area contributed by atoms with E-state index in [1.165, 1.54) is 12.1 Å². The fourth-order valence-electron chi connectivity index (χ4n) is 1.67. The van der Waals surface area contributed by atoms with Gasteiger partial charge in [-0.05, 0) is 31.0 Å². The highest BCUT2D eigenvalue weighted by atomic mass is 79.9. The Morgan fingerprint density at radius 3 is 2.74 bits per heavy atom. The van der Waals surface area contributed by atoms with Gasteiger partial charge in [0.1, 0.15) is 11.6 Å². The Morgan fingerprint density at radius 2 is 2.16 bits per heavy atom. The van der Waals surface area contributed by atoms with E-state index in [1.807, 2.05) is 13.0 Å². The van der Waals surface area contributed by atoms with Crippen molar-refractivity contribution in [2.75, 3.05) is 0 Å². The zero-order valence-electron chi connectivity index (χ0n) is 10.4. The molecule has 1 unspecified atom stereocenters. The molecule has 1 aromatic carbocycles. The second-order valence-corrected chi connectivity index (χ2v) is 5.31. The van der Waals surface area contributed by atoms with E-state index < -0.39 is 0 Å². The first-order valence-corrected chi connectivity index (χ1v) is 6.66. The second kappa shape index (κ2) is 6.12. The van der Waals surface area contributed by atoms with E-state index in [9.17, 15) is 4.39 Å². The van der Waals surface area contributed by atoms with Crippen LogP contribution in [0.1, 0.15) is 12.5 Å². The van der Waals surface area contributed by atoms with Crippen molar-refractivity contribution >= 4 is 15.9 Å². The Bertz CT molecular complexity index is 538. The molecule has 0 saturated carbocycles. The van der Waals surface area contributed by atoms with Crippen molar-refractivity contribution in [3.63, 3.8) is 0 Å². The number of nitrogens with two attached hydrogens (primary N) is 1. The summed E-state index contributed by atoms with van der Waals surface area (Å²) in [5, 5.41) is 0. The average Bonchev–Trinajstić information content (AvgIpc) is 2.29. The fourth-order valence-corrected chi connectivity index (χ4v) is 2.12. The van der Waals surface area contributed by atoms with Crippen LogP contribution in [-0.4, -0.2) is 11.0 Å². The summed E-state index contributed by atoms with van der Waals surface area (Å²) >= 11 is 3.21. The average molecular weight is 325 g/mol. The third kappa shape index (κ3) is 4.29. The SMILES string of the molecule is CC(N)Cc1ccc(Oc2cc(F)cc(Br)c2)nc1. The number of nitrogens with zero attached hydrogens (tertiary/aromatic N) is 1. The Labute approximate surface area is 119 Å². The smallest absolute Gasteiger partial charge is 0.219 e. The van der Waals surface area contributed by atoms with Gasteiger partial charge in [-0.3, -0.25) is 0 Å². The summed E-state index contributed by atoms with van der Waals surface area (Å²) in [6, 6.07) is 8.10. The van der Waals surface area contributed by atoms with Crippen molar-refractivity contribution in [3.8, 4) is 11.6 Å². The topological polar surface area (TPSA) is 48.1 Å². The summed E-state index contributed by atoms with van der Waals surface area (Å²) in [6.07, 6.45) is 2.48. The highest BCUT2D eigenvalue weighted by Gasteiger charge is 2.04. The second-order valence-electron chi connectivity index (χ2n) is 4.39. The number of halogens is 2. The van der Waals surface area contributed by atoms with Crippen LogP contribution in [0.4, 0.5) is 4.39 Å². The van der Waals surface area contributed by atoms with Crippen molar-refractivity contribution < 1.29 is 9.13 Å². The lowest BCUT2D eigenvalue weighted by molar-refractivity contribution is 0.457. The van der Waals surface area contributed by atoms with Crippen LogP contribution in [-0.2, 0) is 6.42 Å². The van der Waals surface area contributed by atoms with Gasteiger partial charge >= 0.3 is 0 Å². The molecule has 0 amide bonds. The molecular weight excluding hydrogens is 311 g/mol. The Morgan fingerprint density at radius 1 is 1.37 bits per heavy atom. The molecular formula is C14H14BrFN2O. The van der Waals surface area contributed by atoms with Crippen LogP contribution in [0, 0.1) is 5.82 Å². The number of hydrogen-bond donors (Lipinski definition) is 1. The van der Waals surface area contributed by atoms with Gasteiger partial charge < -0.3 is 10.5 Å². The number of benzene rings is 1. The van der Waals surface area contributed by atoms with Gasteiger partial charge in [-0.15, -0.1) is 0 Å². The zero-order chi connectivity index (χ0) is 13.8. The summed E-state index contributed by atoms with van der Waals surface area (Å²) in [4.78, 5) is 4.17. The molecule has 0 aliphatic rings. The minimum atomic E-state index is -0.363. The lowest BCUT2D eigenvalue weighted by Gasteiger charge is -2.07. The van der Waals surface area contributed by atoms with Crippen molar-refractivity contribution in [2.45, 2.75) is 19.4 Å². The maximum atomic E-state index is 13.2. The van der Waals surface area contributed by atoms with Crippen LogP contribution >= 0.6 is 15.9 Å². The lowest BCUT2D eigenvalue weighted by atomic mass is 10.1. The number of pyridine rings is 1. The molecule has 3 nitrogen and oxygen atoms in total. The monoisotopic (exact) mass is 324 g/mol. The van der Waals surface area contributed by atoms with Gasteiger partial charge in [0.2, 0.25) is 5.88 Å². The van der Waals surface area contributed by atoms with Gasteiger partial charge in [-0.2, -0.15) is 0 Å². The minimum absolute atomic E-state index is 0.0905. The molecule has 0 aliphatic heterocycles. The van der Waals surface area contributed by atoms with E-state index >= 15 is 0 Å². The molecule has 0 saturated heterocycles. The van der Waals surface area contributed by atoms with Crippen LogP contribution in [0.5, 0.6) is 11.6 Å². The number of rotatable bonds is 4. The largest absolute Gasteiger partial charge is 0.439 e. The van der Waals surface area contributed by atoms with E-state index in [4.69, 9.17) is 10.5 Å². The molecule has 0 spiro atoms. The molecule has 0 aliphatic carbocycles. The zero-order valence-corrected chi connectivity index (χ0v) is 12.0. The molecule has 1 aromatic heterocycles. The molecule has 1 atom stereocenters. The van der Waals surface area contributed by atoms with E-state index in [0.717, 1.165) is 12.0 Å². The molecule has 0 bridgehead atoms. The van der Waals surface area contributed by atoms with Gasteiger partial charge in [0.05, 0.1) is 0 Å². The molecule has 5 heteroatoms. The maximum Gasteiger partial charge on any atom is 0.219 e. The van der Waals surface area contributed by atoms with Gasteiger partial charge in [-0.1, -0.05) is 22.0 Å². The Balaban J connectivity index is 2.10. The summed E-state index contributed by atoms with van der Waals surface area (Å²) in [5.41, 5.74) is 6.76. The van der Waals surface area contributed by atoms with Crippen molar-refractivity contribution in [2.24, 2.45) is 5.73 Å². The molecule has 1 heterocycles. The lowest BCUT2D eigenvalue weighted by Crippen LogP contribution is -2.17. The highest BCUT2D eigenvalue weighted by Crippen LogP contribution is 2.24. The van der Waals surface area contributed by atoms with Crippen LogP contribution in [0.15, 0.2) is 41.0 Å². The molecule has 0 fully saturated rings. The van der Waals surface area contributed by atoms with E-state index in [1.54, 1.807) is 18.3 Å². The van der Waals surface area contributed by atoms with Gasteiger partial charge in [0, 0.05) is 28.8 Å². The van der Waals surface area contributed by atoms with Crippen molar-refractivity contribution in [3.05, 3.63) is 52.4 Å². The predicted octanol–water partition coefficient (Wildman–Crippen LogP) is 3.67. The van der Waals surface area contributed by atoms with Crippen LogP contribution in [0.2, 0.25) is 0 Å². The van der Waals surface area contributed by atoms with Gasteiger partial charge in [0.25, 0.3) is 0 Å². The van der Waals surface area contributed by atoms with E-state index in [2.05, 4.69) is 20.9 Å². The highest BCUT2D eigenvalue weighted by molar-refractivity contribution is 9.10. The van der Waals surface area contributed by atoms with Crippen LogP contribution in [0.3, 0.4) is 0 Å². The number of aromatic nitrogens is 1. The number of hydrogen-bond acceptors (Lipinski definition) is 3. The summed E-state index contributed by atoms with van der Waals surface area (Å²) in [7, 11) is 0. The summed E-state index contributed by atoms with van der Waals surface area (Å²) < 4.78 is 19.3. The predicted molar refractivity (Wildman–Crippen MR) is 75.8 cm³/mol. The molecule has 0 radical (unpaired) electrons. The molecule has 19 heavy (non-hydrogen) atoms. The molecule has 2 aromatic rings. The summed E-state index contributed by atoms with van der Waals surface area (Å²) in [5.74, 6) is 0.461. The van der Waals surface area contributed by atoms with E-state index in [0.29, 0.717) is 16.1 Å². The molecule has 2 N–H and O–H groups in total. The Kier molecular flexibility index (Phi) is 4.50. The standard InChI is InChI=1S/C14H14BrFN2O/c1-9(17)4-10-2-3-14(18-8-10)19-13-6-11(15)5-12(16)7-13/h2-3,5-9H,4,17H2,1H3.